The fourth-order valence-corrected chi connectivity index (χ4v) is 2.62. The van der Waals surface area contributed by atoms with Crippen molar-refractivity contribution in [1.29, 1.82) is 0 Å². The van der Waals surface area contributed by atoms with Crippen molar-refractivity contribution in [3.63, 3.8) is 0 Å². The summed E-state index contributed by atoms with van der Waals surface area (Å²) in [6.45, 7) is 0.546. The number of carbonyl (C=O) groups is 2. The van der Waals surface area contributed by atoms with Crippen LogP contribution in [0.5, 0.6) is 0 Å². The number of esters is 1. The standard InChI is InChI=1S/C13H15BrN2O3/c1-19-13(18)11-3-2-6-16(11)12(17)9-7-8(14)4-5-10(9)15/h4-5,7,11H,2-3,6,15H2,1H3. The number of carbonyl (C=O) groups excluding carboxylic acids is 2. The third kappa shape index (κ3) is 2.73. The molecule has 0 bridgehead atoms. The molecule has 6 heteroatoms. The Morgan fingerprint density at radius 3 is 2.89 bits per heavy atom. The van der Waals surface area contributed by atoms with Gasteiger partial charge in [-0.3, -0.25) is 4.79 Å². The minimum absolute atomic E-state index is 0.230. The zero-order valence-electron chi connectivity index (χ0n) is 10.6. The largest absolute Gasteiger partial charge is 0.467 e. The van der Waals surface area contributed by atoms with Crippen molar-refractivity contribution in [2.24, 2.45) is 0 Å². The Morgan fingerprint density at radius 2 is 2.21 bits per heavy atom. The second kappa shape index (κ2) is 5.61. The van der Waals surface area contributed by atoms with Gasteiger partial charge in [-0.25, -0.2) is 4.79 Å². The lowest BCUT2D eigenvalue weighted by atomic mass is 10.1. The van der Waals surface area contributed by atoms with Crippen LogP contribution >= 0.6 is 15.9 Å². The number of amides is 1. The number of halogens is 1. The van der Waals surface area contributed by atoms with Gasteiger partial charge in [0.05, 0.1) is 12.7 Å². The molecule has 0 radical (unpaired) electrons. The van der Waals surface area contributed by atoms with Crippen LogP contribution in [0, 0.1) is 0 Å². The van der Waals surface area contributed by atoms with Crippen LogP contribution in [0.25, 0.3) is 0 Å². The SMILES string of the molecule is COC(=O)C1CCCN1C(=O)c1cc(Br)ccc1N. The van der Waals surface area contributed by atoms with E-state index in [2.05, 4.69) is 15.9 Å². The summed E-state index contributed by atoms with van der Waals surface area (Å²) in [7, 11) is 1.33. The second-order valence-corrected chi connectivity index (χ2v) is 5.33. The third-order valence-electron chi connectivity index (χ3n) is 3.23. The number of anilines is 1. The molecule has 5 nitrogen and oxygen atoms in total. The molecule has 2 rings (SSSR count). The van der Waals surface area contributed by atoms with E-state index in [9.17, 15) is 9.59 Å². The molecule has 1 atom stereocenters. The maximum atomic E-state index is 12.5. The first-order chi connectivity index (χ1) is 9.04. The average Bonchev–Trinajstić information content (AvgIpc) is 2.89. The molecule has 1 aliphatic heterocycles. The fourth-order valence-electron chi connectivity index (χ4n) is 2.26. The van der Waals surface area contributed by atoms with Crippen LogP contribution in [0.1, 0.15) is 23.2 Å². The third-order valence-corrected chi connectivity index (χ3v) is 3.73. The highest BCUT2D eigenvalue weighted by Gasteiger charge is 2.35. The molecular formula is C13H15BrN2O3. The quantitative estimate of drug-likeness (QED) is 0.664. The number of benzene rings is 1. The van der Waals surface area contributed by atoms with E-state index in [-0.39, 0.29) is 11.9 Å². The fraction of sp³-hybridized carbons (Fsp3) is 0.385. The molecule has 1 aromatic carbocycles. The van der Waals surface area contributed by atoms with Gasteiger partial charge in [0, 0.05) is 16.7 Å². The first kappa shape index (κ1) is 13.9. The number of rotatable bonds is 2. The summed E-state index contributed by atoms with van der Waals surface area (Å²) in [5.41, 5.74) is 6.64. The highest BCUT2D eigenvalue weighted by atomic mass is 79.9. The molecule has 1 amide bonds. The second-order valence-electron chi connectivity index (χ2n) is 4.41. The van der Waals surface area contributed by atoms with Crippen molar-refractivity contribution in [2.45, 2.75) is 18.9 Å². The Balaban J connectivity index is 2.28. The van der Waals surface area contributed by atoms with Crippen molar-refractivity contribution < 1.29 is 14.3 Å². The molecule has 102 valence electrons. The Morgan fingerprint density at radius 1 is 1.47 bits per heavy atom. The van der Waals surface area contributed by atoms with Gasteiger partial charge in [0.25, 0.3) is 5.91 Å². The molecule has 0 spiro atoms. The number of likely N-dealkylation sites (tertiary alicyclic amines) is 1. The van der Waals surface area contributed by atoms with Gasteiger partial charge in [-0.2, -0.15) is 0 Å². The zero-order chi connectivity index (χ0) is 14.0. The first-order valence-electron chi connectivity index (χ1n) is 5.98. The maximum Gasteiger partial charge on any atom is 0.328 e. The van der Waals surface area contributed by atoms with Gasteiger partial charge in [-0.05, 0) is 31.0 Å². The first-order valence-corrected chi connectivity index (χ1v) is 6.77. The van der Waals surface area contributed by atoms with Gasteiger partial charge in [0.2, 0.25) is 0 Å². The lowest BCUT2D eigenvalue weighted by Crippen LogP contribution is -2.41. The van der Waals surface area contributed by atoms with E-state index in [0.717, 1.165) is 10.9 Å². The summed E-state index contributed by atoms with van der Waals surface area (Å²) in [5.74, 6) is -0.605. The van der Waals surface area contributed by atoms with Crippen LogP contribution < -0.4 is 5.73 Å². The summed E-state index contributed by atoms with van der Waals surface area (Å²) in [5, 5.41) is 0. The number of methoxy groups -OCH3 is 1. The topological polar surface area (TPSA) is 72.6 Å². The highest BCUT2D eigenvalue weighted by Crippen LogP contribution is 2.25. The number of nitrogens with two attached hydrogens (primary N) is 1. The van der Waals surface area contributed by atoms with Crippen molar-refractivity contribution in [3.05, 3.63) is 28.2 Å². The predicted molar refractivity (Wildman–Crippen MR) is 74.6 cm³/mol. The van der Waals surface area contributed by atoms with Crippen LogP contribution in [-0.2, 0) is 9.53 Å². The summed E-state index contributed by atoms with van der Waals surface area (Å²) >= 11 is 3.31. The Hall–Kier alpha value is -1.56. The molecule has 1 unspecified atom stereocenters. The van der Waals surface area contributed by atoms with Crippen LogP contribution in [0.4, 0.5) is 5.69 Å². The van der Waals surface area contributed by atoms with E-state index in [1.165, 1.54) is 12.0 Å². The molecule has 1 saturated heterocycles. The number of nitrogens with zero attached hydrogens (tertiary/aromatic N) is 1. The normalized spacial score (nSPS) is 18.4. The Labute approximate surface area is 119 Å². The van der Waals surface area contributed by atoms with Gasteiger partial charge >= 0.3 is 5.97 Å². The Bertz CT molecular complexity index is 519. The predicted octanol–water partition coefficient (Wildman–Crippen LogP) is 1.81. The van der Waals surface area contributed by atoms with Crippen molar-refractivity contribution >= 4 is 33.5 Å². The molecule has 1 heterocycles. The number of hydrogen-bond donors (Lipinski definition) is 1. The highest BCUT2D eigenvalue weighted by molar-refractivity contribution is 9.10. The molecule has 2 N–H and O–H groups in total. The van der Waals surface area contributed by atoms with Crippen molar-refractivity contribution in [3.8, 4) is 0 Å². The van der Waals surface area contributed by atoms with E-state index in [0.29, 0.717) is 24.2 Å². The van der Waals surface area contributed by atoms with Gasteiger partial charge < -0.3 is 15.4 Å². The molecule has 0 saturated carbocycles. The van der Waals surface area contributed by atoms with Crippen molar-refractivity contribution in [1.82, 2.24) is 4.90 Å². The van der Waals surface area contributed by atoms with Gasteiger partial charge in [-0.1, -0.05) is 15.9 Å². The summed E-state index contributed by atoms with van der Waals surface area (Å²) in [4.78, 5) is 25.7. The van der Waals surface area contributed by atoms with Gasteiger partial charge in [0.15, 0.2) is 0 Å². The summed E-state index contributed by atoms with van der Waals surface area (Å²) in [6.07, 6.45) is 1.42. The molecule has 1 aromatic rings. The molecule has 1 fully saturated rings. The van der Waals surface area contributed by atoms with Gasteiger partial charge in [-0.15, -0.1) is 0 Å². The van der Waals surface area contributed by atoms with Crippen LogP contribution in [-0.4, -0.2) is 36.5 Å². The number of ether oxygens (including phenoxy) is 1. The number of hydrogen-bond acceptors (Lipinski definition) is 4. The summed E-state index contributed by atoms with van der Waals surface area (Å²) < 4.78 is 5.51. The smallest absolute Gasteiger partial charge is 0.328 e. The number of nitrogen functional groups attached to an aromatic ring is 1. The molecule has 19 heavy (non-hydrogen) atoms. The van der Waals surface area contributed by atoms with E-state index in [1.807, 2.05) is 0 Å². The van der Waals surface area contributed by atoms with E-state index < -0.39 is 6.04 Å². The van der Waals surface area contributed by atoms with E-state index in [1.54, 1.807) is 18.2 Å². The van der Waals surface area contributed by atoms with Gasteiger partial charge in [0.1, 0.15) is 6.04 Å². The monoisotopic (exact) mass is 326 g/mol. The van der Waals surface area contributed by atoms with Crippen molar-refractivity contribution in [2.75, 3.05) is 19.4 Å². The van der Waals surface area contributed by atoms with E-state index >= 15 is 0 Å². The molecular weight excluding hydrogens is 312 g/mol. The van der Waals surface area contributed by atoms with Crippen LogP contribution in [0.3, 0.4) is 0 Å². The molecule has 0 aliphatic carbocycles. The average molecular weight is 327 g/mol. The van der Waals surface area contributed by atoms with Crippen LogP contribution in [0.15, 0.2) is 22.7 Å². The zero-order valence-corrected chi connectivity index (χ0v) is 12.1. The van der Waals surface area contributed by atoms with Crippen LogP contribution in [0.2, 0.25) is 0 Å². The minimum atomic E-state index is -0.504. The van der Waals surface area contributed by atoms with E-state index in [4.69, 9.17) is 10.5 Å². The molecule has 0 aromatic heterocycles. The summed E-state index contributed by atoms with van der Waals surface area (Å²) in [6, 6.07) is 4.61. The molecule has 1 aliphatic rings. The lowest BCUT2D eigenvalue weighted by molar-refractivity contribution is -0.145. The maximum absolute atomic E-state index is 12.5. The lowest BCUT2D eigenvalue weighted by Gasteiger charge is -2.23. The Kier molecular flexibility index (Phi) is 4.09. The minimum Gasteiger partial charge on any atom is -0.467 e.